The molecule has 1 aliphatic carbocycles. The Labute approximate surface area is 199 Å². The largest absolute Gasteiger partial charge is 0.394 e. The summed E-state index contributed by atoms with van der Waals surface area (Å²) in [4.78, 5) is 23.9. The maximum absolute atomic E-state index is 12.7. The first-order valence-corrected chi connectivity index (χ1v) is 11.2. The number of ether oxygens (including phenoxy) is 1. The predicted molar refractivity (Wildman–Crippen MR) is 128 cm³/mol. The van der Waals surface area contributed by atoms with Crippen molar-refractivity contribution in [1.82, 2.24) is 19.5 Å². The lowest BCUT2D eigenvalue weighted by atomic mass is 9.96. The Balaban J connectivity index is 1.55. The zero-order valence-electron chi connectivity index (χ0n) is 18.5. The number of nitrogen functional groups attached to an aromatic ring is 1. The van der Waals surface area contributed by atoms with Gasteiger partial charge in [0, 0.05) is 5.57 Å². The van der Waals surface area contributed by atoms with Gasteiger partial charge in [-0.15, -0.1) is 0 Å². The monoisotopic (exact) mass is 473 g/mol. The highest BCUT2D eigenvalue weighted by Crippen LogP contribution is 2.42. The van der Waals surface area contributed by atoms with Crippen LogP contribution in [0.2, 0.25) is 0 Å². The number of aromatic nitrogens is 4. The molecule has 2 aromatic heterocycles. The Morgan fingerprint density at radius 3 is 2.69 bits per heavy atom. The van der Waals surface area contributed by atoms with Crippen LogP contribution in [0.5, 0.6) is 0 Å². The van der Waals surface area contributed by atoms with Gasteiger partial charge in [-0.25, -0.2) is 4.98 Å². The highest BCUT2D eigenvalue weighted by molar-refractivity contribution is 5.88. The zero-order chi connectivity index (χ0) is 24.4. The summed E-state index contributed by atoms with van der Waals surface area (Å²) in [6.45, 7) is 3.79. The third-order valence-electron chi connectivity index (χ3n) is 6.79. The molecule has 10 nitrogen and oxygen atoms in total. The van der Waals surface area contributed by atoms with Gasteiger partial charge in [-0.1, -0.05) is 49.0 Å². The second kappa shape index (κ2) is 7.85. The first kappa shape index (κ1) is 21.7. The average molecular weight is 473 g/mol. The van der Waals surface area contributed by atoms with E-state index in [2.05, 4.69) is 39.7 Å². The van der Waals surface area contributed by atoms with Crippen LogP contribution in [0, 0.1) is 0 Å². The summed E-state index contributed by atoms with van der Waals surface area (Å²) in [5, 5.41) is 30.7. The lowest BCUT2D eigenvalue weighted by Gasteiger charge is -2.21. The molecule has 0 bridgehead atoms. The van der Waals surface area contributed by atoms with Crippen LogP contribution in [-0.2, 0) is 11.2 Å². The van der Waals surface area contributed by atoms with Crippen LogP contribution in [0.25, 0.3) is 27.9 Å². The fourth-order valence-corrected chi connectivity index (χ4v) is 5.11. The minimum Gasteiger partial charge on any atom is -0.394 e. The van der Waals surface area contributed by atoms with E-state index in [0.717, 1.165) is 22.3 Å². The lowest BCUT2D eigenvalue weighted by Crippen LogP contribution is -2.33. The van der Waals surface area contributed by atoms with Crippen LogP contribution in [-0.4, -0.2) is 59.8 Å². The van der Waals surface area contributed by atoms with Gasteiger partial charge in [0.1, 0.15) is 24.1 Å². The summed E-state index contributed by atoms with van der Waals surface area (Å²) in [5.74, 6) is 0.103. The number of aliphatic hydroxyl groups is 3. The van der Waals surface area contributed by atoms with Crippen LogP contribution >= 0.6 is 0 Å². The van der Waals surface area contributed by atoms with Gasteiger partial charge in [0.2, 0.25) is 5.95 Å². The molecule has 2 aliphatic rings. The van der Waals surface area contributed by atoms with E-state index >= 15 is 0 Å². The Bertz CT molecular complexity index is 1560. The maximum Gasteiger partial charge on any atom is 0.280 e. The third-order valence-corrected chi connectivity index (χ3v) is 6.79. The number of nitrogens with zero attached hydrogens (tertiary/aromatic N) is 3. The van der Waals surface area contributed by atoms with Crippen molar-refractivity contribution in [2.24, 2.45) is 0 Å². The number of rotatable bonds is 4. The highest BCUT2D eigenvalue weighted by atomic mass is 16.6. The molecule has 178 valence electrons. The first-order chi connectivity index (χ1) is 16.9. The van der Waals surface area contributed by atoms with Gasteiger partial charge < -0.3 is 25.8 Å². The van der Waals surface area contributed by atoms with E-state index in [9.17, 15) is 20.1 Å². The molecule has 2 aromatic carbocycles. The number of benzene rings is 2. The molecule has 0 spiro atoms. The van der Waals surface area contributed by atoms with Crippen molar-refractivity contribution in [3.8, 4) is 11.1 Å². The molecule has 4 aromatic rings. The predicted octanol–water partition coefficient (Wildman–Crippen LogP) is 0.946. The summed E-state index contributed by atoms with van der Waals surface area (Å²) in [6.07, 6.45) is -4.26. The second-order valence-electron chi connectivity index (χ2n) is 8.80. The number of aliphatic hydroxyl groups excluding tert-OH is 3. The van der Waals surface area contributed by atoms with Crippen molar-refractivity contribution in [2.45, 2.75) is 31.0 Å². The Hall–Kier alpha value is -3.83. The van der Waals surface area contributed by atoms with E-state index in [-0.39, 0.29) is 22.9 Å². The summed E-state index contributed by atoms with van der Waals surface area (Å²) in [5.41, 5.74) is 11.1. The van der Waals surface area contributed by atoms with Crippen molar-refractivity contribution < 1.29 is 20.1 Å². The number of imidazole rings is 1. The first-order valence-electron chi connectivity index (χ1n) is 11.2. The van der Waals surface area contributed by atoms with Crippen LogP contribution in [0.4, 0.5) is 5.95 Å². The van der Waals surface area contributed by atoms with E-state index in [1.165, 1.54) is 10.1 Å². The van der Waals surface area contributed by atoms with Gasteiger partial charge in [-0.2, -0.15) is 4.98 Å². The quantitative estimate of drug-likeness (QED) is 0.258. The molecule has 0 unspecified atom stereocenters. The highest BCUT2D eigenvalue weighted by Gasteiger charge is 2.45. The zero-order valence-corrected chi connectivity index (χ0v) is 18.5. The van der Waals surface area contributed by atoms with Crippen molar-refractivity contribution in [3.63, 3.8) is 0 Å². The molecule has 0 saturated carbocycles. The van der Waals surface area contributed by atoms with E-state index in [1.807, 2.05) is 24.3 Å². The Morgan fingerprint density at radius 1 is 1.14 bits per heavy atom. The second-order valence-corrected chi connectivity index (χ2v) is 8.80. The van der Waals surface area contributed by atoms with E-state index in [1.54, 1.807) is 0 Å². The molecule has 1 aliphatic heterocycles. The summed E-state index contributed by atoms with van der Waals surface area (Å²) < 4.78 is 7.20. The van der Waals surface area contributed by atoms with Gasteiger partial charge in [-0.05, 0) is 34.2 Å². The fraction of sp³-hybridized carbons (Fsp3) is 0.240. The smallest absolute Gasteiger partial charge is 0.280 e. The van der Waals surface area contributed by atoms with E-state index in [4.69, 9.17) is 10.5 Å². The summed E-state index contributed by atoms with van der Waals surface area (Å²) in [6, 6.07) is 14.1. The topological polar surface area (TPSA) is 160 Å². The number of nitrogens with two attached hydrogens (primary N) is 1. The van der Waals surface area contributed by atoms with Gasteiger partial charge in [0.05, 0.1) is 6.61 Å². The van der Waals surface area contributed by atoms with Crippen LogP contribution in [0.15, 0.2) is 53.8 Å². The average Bonchev–Trinajstić information content (AvgIpc) is 3.50. The lowest BCUT2D eigenvalue weighted by molar-refractivity contribution is -0.0514. The van der Waals surface area contributed by atoms with Crippen LogP contribution < -0.4 is 11.3 Å². The van der Waals surface area contributed by atoms with Crippen molar-refractivity contribution in [1.29, 1.82) is 0 Å². The van der Waals surface area contributed by atoms with Crippen molar-refractivity contribution >= 4 is 22.7 Å². The number of nitrogens with one attached hydrogen (secondary N) is 1. The van der Waals surface area contributed by atoms with Gasteiger partial charge >= 0.3 is 0 Å². The molecule has 0 radical (unpaired) electrons. The van der Waals surface area contributed by atoms with E-state index in [0.29, 0.717) is 12.0 Å². The molecule has 0 amide bonds. The molecule has 6 rings (SSSR count). The van der Waals surface area contributed by atoms with Crippen LogP contribution in [0.3, 0.4) is 0 Å². The normalized spacial score (nSPS) is 22.9. The summed E-state index contributed by atoms with van der Waals surface area (Å²) >= 11 is 0. The van der Waals surface area contributed by atoms with Crippen molar-refractivity contribution in [2.75, 3.05) is 12.3 Å². The molecule has 1 fully saturated rings. The van der Waals surface area contributed by atoms with E-state index < -0.39 is 36.7 Å². The molecule has 1 saturated heterocycles. The number of hydrogen-bond acceptors (Lipinski definition) is 8. The fourth-order valence-electron chi connectivity index (χ4n) is 5.11. The van der Waals surface area contributed by atoms with Gasteiger partial charge in [0.25, 0.3) is 5.56 Å². The van der Waals surface area contributed by atoms with Gasteiger partial charge in [0.15, 0.2) is 17.4 Å². The van der Waals surface area contributed by atoms with Crippen molar-refractivity contribution in [3.05, 3.63) is 81.9 Å². The molecule has 3 heterocycles. The SMILES string of the molecule is C=C(c1cccc2c1Cc1ccccc1-2)c1nc2c(=O)[nH]c(N)nc2n1[C@@H]1O[C@H](CO)[C@@H](O)[C@H]1O. The molecule has 35 heavy (non-hydrogen) atoms. The third kappa shape index (κ3) is 3.15. The van der Waals surface area contributed by atoms with Crippen LogP contribution in [0.1, 0.15) is 28.7 Å². The molecule has 4 atom stereocenters. The Kier molecular flexibility index (Phi) is 4.87. The minimum atomic E-state index is -1.41. The standard InChI is InChI=1S/C25H23N5O5/c1-11(13-7-4-8-15-14-6-3-2-5-12(14)9-16(13)15)21-27-18-22(28-25(26)29-23(18)34)30(21)24-20(33)19(32)17(10-31)35-24/h2-8,17,19-20,24,31-33H,1,9-10H2,(H3,26,28,29,34)/t17-,19-,20-,24-/m1/s1. The summed E-state index contributed by atoms with van der Waals surface area (Å²) in [7, 11) is 0. The van der Waals surface area contributed by atoms with Gasteiger partial charge in [-0.3, -0.25) is 14.3 Å². The minimum absolute atomic E-state index is 0.0102. The molecule has 6 N–H and O–H groups in total. The number of hydrogen-bond donors (Lipinski definition) is 5. The Morgan fingerprint density at radius 2 is 1.91 bits per heavy atom. The number of H-pyrrole nitrogens is 1. The maximum atomic E-state index is 12.7. The molecular weight excluding hydrogens is 450 g/mol. The number of anilines is 1. The number of fused-ring (bicyclic) bond motifs is 4. The molecule has 10 heteroatoms. The number of aromatic amines is 1. The molecular formula is C25H23N5O5.